The Kier molecular flexibility index (Phi) is 3.01. The third-order valence-electron chi connectivity index (χ3n) is 5.71. The van der Waals surface area contributed by atoms with Crippen molar-refractivity contribution in [1.82, 2.24) is 5.32 Å². The Bertz CT molecular complexity index is 308. The van der Waals surface area contributed by atoms with Crippen LogP contribution in [0.25, 0.3) is 0 Å². The van der Waals surface area contributed by atoms with E-state index in [0.29, 0.717) is 16.7 Å². The molecule has 2 fully saturated rings. The van der Waals surface area contributed by atoms with Crippen LogP contribution < -0.4 is 11.1 Å². The van der Waals surface area contributed by atoms with Crippen molar-refractivity contribution in [2.45, 2.75) is 53.0 Å². The SMILES string of the molecule is CC1(C)C(CNC(=O)C2CCCC2N)C1(C)C. The first kappa shape index (κ1) is 12.9. The van der Waals surface area contributed by atoms with Crippen LogP contribution in [0.5, 0.6) is 0 Å². The summed E-state index contributed by atoms with van der Waals surface area (Å²) in [7, 11) is 0. The molecular formula is C14H26N2O. The molecule has 2 atom stereocenters. The Morgan fingerprint density at radius 2 is 1.82 bits per heavy atom. The number of carbonyl (C=O) groups is 1. The maximum Gasteiger partial charge on any atom is 0.224 e. The van der Waals surface area contributed by atoms with E-state index >= 15 is 0 Å². The topological polar surface area (TPSA) is 55.1 Å². The Morgan fingerprint density at radius 1 is 1.24 bits per heavy atom. The first-order valence-corrected chi connectivity index (χ1v) is 6.82. The van der Waals surface area contributed by atoms with E-state index in [1.54, 1.807) is 0 Å². The lowest BCUT2D eigenvalue weighted by Gasteiger charge is -2.15. The maximum absolute atomic E-state index is 12.0. The lowest BCUT2D eigenvalue weighted by molar-refractivity contribution is -0.125. The first-order chi connectivity index (χ1) is 7.78. The van der Waals surface area contributed by atoms with Gasteiger partial charge in [0.15, 0.2) is 0 Å². The van der Waals surface area contributed by atoms with E-state index in [0.717, 1.165) is 25.8 Å². The fourth-order valence-electron chi connectivity index (χ4n) is 3.49. The predicted octanol–water partition coefficient (Wildman–Crippen LogP) is 1.91. The molecule has 0 aromatic carbocycles. The second kappa shape index (κ2) is 3.98. The average Bonchev–Trinajstić information content (AvgIpc) is 2.55. The molecule has 2 aliphatic rings. The number of nitrogens with two attached hydrogens (primary N) is 1. The molecule has 0 bridgehead atoms. The van der Waals surface area contributed by atoms with Crippen molar-refractivity contribution in [1.29, 1.82) is 0 Å². The monoisotopic (exact) mass is 238 g/mol. The summed E-state index contributed by atoms with van der Waals surface area (Å²) < 4.78 is 0. The fourth-order valence-corrected chi connectivity index (χ4v) is 3.49. The molecule has 0 aromatic heterocycles. The second-order valence-corrected chi connectivity index (χ2v) is 6.94. The molecule has 3 heteroatoms. The lowest BCUT2D eigenvalue weighted by Crippen LogP contribution is -2.39. The van der Waals surface area contributed by atoms with E-state index in [4.69, 9.17) is 5.73 Å². The van der Waals surface area contributed by atoms with Gasteiger partial charge in [0.2, 0.25) is 5.91 Å². The molecule has 2 rings (SSSR count). The van der Waals surface area contributed by atoms with Crippen molar-refractivity contribution in [2.24, 2.45) is 28.4 Å². The Balaban J connectivity index is 1.82. The van der Waals surface area contributed by atoms with Gasteiger partial charge in [-0.1, -0.05) is 34.1 Å². The van der Waals surface area contributed by atoms with Gasteiger partial charge in [0, 0.05) is 12.6 Å². The lowest BCUT2D eigenvalue weighted by atomic mass is 10.0. The van der Waals surface area contributed by atoms with Crippen molar-refractivity contribution in [3.63, 3.8) is 0 Å². The predicted molar refractivity (Wildman–Crippen MR) is 69.4 cm³/mol. The van der Waals surface area contributed by atoms with Crippen LogP contribution in [0.15, 0.2) is 0 Å². The fraction of sp³-hybridized carbons (Fsp3) is 0.929. The highest BCUT2D eigenvalue weighted by molar-refractivity contribution is 5.79. The van der Waals surface area contributed by atoms with Crippen LogP contribution in [0.2, 0.25) is 0 Å². The van der Waals surface area contributed by atoms with Gasteiger partial charge in [-0.3, -0.25) is 4.79 Å². The standard InChI is InChI=1S/C14H26N2O/c1-13(2)11(14(13,3)4)8-16-12(17)9-6-5-7-10(9)15/h9-11H,5-8,15H2,1-4H3,(H,16,17). The molecule has 3 nitrogen and oxygen atoms in total. The summed E-state index contributed by atoms with van der Waals surface area (Å²) in [6, 6.07) is 0.0789. The summed E-state index contributed by atoms with van der Waals surface area (Å²) in [4.78, 5) is 12.0. The van der Waals surface area contributed by atoms with Crippen molar-refractivity contribution < 1.29 is 4.79 Å². The van der Waals surface area contributed by atoms with E-state index in [2.05, 4.69) is 33.0 Å². The van der Waals surface area contributed by atoms with Gasteiger partial charge in [-0.15, -0.1) is 0 Å². The van der Waals surface area contributed by atoms with Crippen molar-refractivity contribution in [2.75, 3.05) is 6.54 Å². The van der Waals surface area contributed by atoms with Crippen LogP contribution >= 0.6 is 0 Å². The Labute approximate surface area is 105 Å². The van der Waals surface area contributed by atoms with Crippen LogP contribution in [0.3, 0.4) is 0 Å². The summed E-state index contributed by atoms with van der Waals surface area (Å²) in [6.07, 6.45) is 3.06. The van der Waals surface area contributed by atoms with Crippen molar-refractivity contribution in [3.8, 4) is 0 Å². The second-order valence-electron chi connectivity index (χ2n) is 6.94. The van der Waals surface area contributed by atoms with Crippen LogP contribution in [-0.2, 0) is 4.79 Å². The summed E-state index contributed by atoms with van der Waals surface area (Å²) in [5.74, 6) is 0.824. The highest BCUT2D eigenvalue weighted by Crippen LogP contribution is 2.67. The van der Waals surface area contributed by atoms with E-state index in [9.17, 15) is 4.79 Å². The number of carbonyl (C=O) groups excluding carboxylic acids is 1. The van der Waals surface area contributed by atoms with Crippen LogP contribution in [0, 0.1) is 22.7 Å². The van der Waals surface area contributed by atoms with Crippen LogP contribution in [0.4, 0.5) is 0 Å². The molecule has 2 unspecified atom stereocenters. The van der Waals surface area contributed by atoms with Crippen LogP contribution in [-0.4, -0.2) is 18.5 Å². The zero-order valence-corrected chi connectivity index (χ0v) is 11.5. The molecule has 0 saturated heterocycles. The minimum Gasteiger partial charge on any atom is -0.355 e. The summed E-state index contributed by atoms with van der Waals surface area (Å²) in [6.45, 7) is 9.94. The zero-order chi connectivity index (χ0) is 12.8. The molecule has 2 saturated carbocycles. The van der Waals surface area contributed by atoms with Gasteiger partial charge < -0.3 is 11.1 Å². The third-order valence-corrected chi connectivity index (χ3v) is 5.71. The van der Waals surface area contributed by atoms with Gasteiger partial charge in [-0.25, -0.2) is 0 Å². The normalized spacial score (nSPS) is 34.6. The van der Waals surface area contributed by atoms with E-state index in [-0.39, 0.29) is 17.9 Å². The summed E-state index contributed by atoms with van der Waals surface area (Å²) in [5.41, 5.74) is 6.64. The minimum atomic E-state index is 0.0555. The van der Waals surface area contributed by atoms with Crippen LogP contribution in [0.1, 0.15) is 47.0 Å². The molecule has 1 amide bonds. The number of nitrogens with one attached hydrogen (secondary N) is 1. The maximum atomic E-state index is 12.0. The van der Waals surface area contributed by atoms with Gasteiger partial charge in [0.1, 0.15) is 0 Å². The average molecular weight is 238 g/mol. The molecule has 17 heavy (non-hydrogen) atoms. The van der Waals surface area contributed by atoms with Crippen molar-refractivity contribution in [3.05, 3.63) is 0 Å². The molecule has 0 aromatic rings. The minimum absolute atomic E-state index is 0.0555. The smallest absolute Gasteiger partial charge is 0.224 e. The van der Waals surface area contributed by atoms with Gasteiger partial charge in [-0.05, 0) is 29.6 Å². The molecule has 0 heterocycles. The molecule has 98 valence electrons. The van der Waals surface area contributed by atoms with E-state index in [1.807, 2.05) is 0 Å². The van der Waals surface area contributed by atoms with Gasteiger partial charge >= 0.3 is 0 Å². The zero-order valence-electron chi connectivity index (χ0n) is 11.5. The van der Waals surface area contributed by atoms with Gasteiger partial charge in [-0.2, -0.15) is 0 Å². The molecule has 0 spiro atoms. The van der Waals surface area contributed by atoms with Crippen molar-refractivity contribution >= 4 is 5.91 Å². The highest BCUT2D eigenvalue weighted by Gasteiger charge is 2.64. The molecule has 0 aliphatic heterocycles. The van der Waals surface area contributed by atoms with Gasteiger partial charge in [0.05, 0.1) is 5.92 Å². The quantitative estimate of drug-likeness (QED) is 0.789. The summed E-state index contributed by atoms with van der Waals surface area (Å²) >= 11 is 0. The highest BCUT2D eigenvalue weighted by atomic mass is 16.1. The van der Waals surface area contributed by atoms with E-state index in [1.165, 1.54) is 0 Å². The largest absolute Gasteiger partial charge is 0.355 e. The molecule has 0 radical (unpaired) electrons. The Morgan fingerprint density at radius 3 is 2.24 bits per heavy atom. The molecule has 2 aliphatic carbocycles. The number of hydrogen-bond donors (Lipinski definition) is 2. The first-order valence-electron chi connectivity index (χ1n) is 6.82. The molecule has 3 N–H and O–H groups in total. The number of amides is 1. The number of rotatable bonds is 3. The number of hydrogen-bond acceptors (Lipinski definition) is 2. The Hall–Kier alpha value is -0.570. The van der Waals surface area contributed by atoms with Gasteiger partial charge in [0.25, 0.3) is 0 Å². The summed E-state index contributed by atoms with van der Waals surface area (Å²) in [5, 5.41) is 3.11. The molecular weight excluding hydrogens is 212 g/mol. The third kappa shape index (κ3) is 1.99. The van der Waals surface area contributed by atoms with E-state index < -0.39 is 0 Å².